The van der Waals surface area contributed by atoms with Crippen molar-refractivity contribution in [3.8, 4) is 22.8 Å². The summed E-state index contributed by atoms with van der Waals surface area (Å²) in [7, 11) is 3.18. The predicted octanol–water partition coefficient (Wildman–Crippen LogP) is 2.78. The summed E-state index contributed by atoms with van der Waals surface area (Å²) in [5, 5.41) is 2.87. The van der Waals surface area contributed by atoms with Crippen LogP contribution in [0.15, 0.2) is 30.6 Å². The lowest BCUT2D eigenvalue weighted by Gasteiger charge is -2.10. The average Bonchev–Trinajstić information content (AvgIpc) is 3.03. The molecule has 3 aromatic rings. The van der Waals surface area contributed by atoms with Crippen molar-refractivity contribution in [1.29, 1.82) is 0 Å². The Morgan fingerprint density at radius 1 is 1.24 bits per heavy atom. The van der Waals surface area contributed by atoms with E-state index in [0.29, 0.717) is 33.9 Å². The number of carbonyl (C=O) groups is 1. The van der Waals surface area contributed by atoms with E-state index < -0.39 is 0 Å². The summed E-state index contributed by atoms with van der Waals surface area (Å²) in [6.45, 7) is 3.82. The van der Waals surface area contributed by atoms with Gasteiger partial charge in [0.25, 0.3) is 5.91 Å². The van der Waals surface area contributed by atoms with Gasteiger partial charge in [0.2, 0.25) is 0 Å². The Kier molecular flexibility index (Phi) is 4.56. The first-order valence-corrected chi connectivity index (χ1v) is 7.91. The third-order valence-electron chi connectivity index (χ3n) is 3.73. The van der Waals surface area contributed by atoms with Gasteiger partial charge in [0, 0.05) is 23.9 Å². The average molecular weight is 340 g/mol. The topological polar surface area (TPSA) is 89.1 Å². The van der Waals surface area contributed by atoms with E-state index in [0.717, 1.165) is 5.56 Å². The maximum atomic E-state index is 12.3. The first-order chi connectivity index (χ1) is 12.0. The van der Waals surface area contributed by atoms with Crippen LogP contribution in [-0.2, 0) is 0 Å². The lowest BCUT2D eigenvalue weighted by molar-refractivity contribution is 0.0944. The molecule has 2 aromatic heterocycles. The molecule has 1 aromatic carbocycles. The fourth-order valence-electron chi connectivity index (χ4n) is 2.54. The molecule has 1 amide bonds. The number of hydrogen-bond donors (Lipinski definition) is 2. The molecule has 25 heavy (non-hydrogen) atoms. The summed E-state index contributed by atoms with van der Waals surface area (Å²) < 4.78 is 10.7. The number of carbonyl (C=O) groups excluding carboxylic acids is 1. The number of aromatic nitrogens is 3. The predicted molar refractivity (Wildman–Crippen MR) is 95.0 cm³/mol. The summed E-state index contributed by atoms with van der Waals surface area (Å²) in [5.74, 6) is 1.12. The monoisotopic (exact) mass is 340 g/mol. The van der Waals surface area contributed by atoms with Gasteiger partial charge >= 0.3 is 0 Å². The van der Waals surface area contributed by atoms with Crippen LogP contribution in [-0.4, -0.2) is 41.1 Å². The zero-order chi connectivity index (χ0) is 18.0. The van der Waals surface area contributed by atoms with Crippen molar-refractivity contribution in [2.75, 3.05) is 14.2 Å². The lowest BCUT2D eigenvalue weighted by atomic mass is 10.1. The van der Waals surface area contributed by atoms with Gasteiger partial charge in [0.15, 0.2) is 5.65 Å². The molecule has 0 saturated heterocycles. The first kappa shape index (κ1) is 16.8. The molecule has 0 fully saturated rings. The summed E-state index contributed by atoms with van der Waals surface area (Å²) >= 11 is 0. The number of methoxy groups -OCH3 is 2. The zero-order valence-corrected chi connectivity index (χ0v) is 14.6. The maximum Gasteiger partial charge on any atom is 0.255 e. The molecule has 0 bridgehead atoms. The fourth-order valence-corrected chi connectivity index (χ4v) is 2.54. The third kappa shape index (κ3) is 3.26. The number of nitrogens with one attached hydrogen (secondary N) is 2. The smallest absolute Gasteiger partial charge is 0.255 e. The number of H-pyrrole nitrogens is 1. The number of fused-ring (bicyclic) bond motifs is 1. The second-order valence-electron chi connectivity index (χ2n) is 5.85. The molecule has 0 radical (unpaired) electrons. The molecule has 130 valence electrons. The summed E-state index contributed by atoms with van der Waals surface area (Å²) in [5.41, 5.74) is 2.93. The van der Waals surface area contributed by atoms with Crippen LogP contribution in [0.2, 0.25) is 0 Å². The molecule has 0 saturated carbocycles. The molecule has 7 heteroatoms. The van der Waals surface area contributed by atoms with Crippen LogP contribution >= 0.6 is 0 Å². The number of aromatic amines is 1. The maximum absolute atomic E-state index is 12.3. The Morgan fingerprint density at radius 2 is 2.04 bits per heavy atom. The highest BCUT2D eigenvalue weighted by atomic mass is 16.5. The molecule has 0 aliphatic carbocycles. The summed E-state index contributed by atoms with van der Waals surface area (Å²) in [4.78, 5) is 24.3. The van der Waals surface area contributed by atoms with Gasteiger partial charge in [-0.1, -0.05) is 0 Å². The van der Waals surface area contributed by atoms with Crippen LogP contribution in [0.5, 0.6) is 11.5 Å². The number of nitrogens with zero attached hydrogens (tertiary/aromatic N) is 2. The minimum atomic E-state index is -0.186. The summed E-state index contributed by atoms with van der Waals surface area (Å²) in [6, 6.07) is 5.50. The molecule has 0 aliphatic heterocycles. The Hall–Kier alpha value is -3.09. The third-order valence-corrected chi connectivity index (χ3v) is 3.73. The quantitative estimate of drug-likeness (QED) is 0.745. The number of ether oxygens (including phenoxy) is 2. The van der Waals surface area contributed by atoms with Crippen molar-refractivity contribution >= 4 is 17.1 Å². The molecular weight excluding hydrogens is 320 g/mol. The fraction of sp³-hybridized carbons (Fsp3) is 0.278. The van der Waals surface area contributed by atoms with Gasteiger partial charge in [-0.25, -0.2) is 9.97 Å². The van der Waals surface area contributed by atoms with E-state index in [1.807, 2.05) is 26.0 Å². The highest BCUT2D eigenvalue weighted by Gasteiger charge is 2.17. The van der Waals surface area contributed by atoms with Crippen LogP contribution in [0, 0.1) is 0 Å². The second kappa shape index (κ2) is 6.80. The van der Waals surface area contributed by atoms with E-state index in [9.17, 15) is 4.79 Å². The van der Waals surface area contributed by atoms with Gasteiger partial charge in [-0.3, -0.25) is 4.79 Å². The van der Waals surface area contributed by atoms with Crippen molar-refractivity contribution in [2.45, 2.75) is 19.9 Å². The molecule has 2 heterocycles. The van der Waals surface area contributed by atoms with Crippen molar-refractivity contribution in [3.63, 3.8) is 0 Å². The SMILES string of the molecule is COc1ccc(-c2cnc3[nH]cc(C(=O)NC(C)C)c3n2)c(OC)c1. The highest BCUT2D eigenvalue weighted by Crippen LogP contribution is 2.32. The van der Waals surface area contributed by atoms with Gasteiger partial charge in [0.1, 0.15) is 17.0 Å². The van der Waals surface area contributed by atoms with E-state index in [2.05, 4.69) is 20.3 Å². The molecule has 0 spiro atoms. The molecule has 0 atom stereocenters. The Labute approximate surface area is 145 Å². The van der Waals surface area contributed by atoms with E-state index in [1.165, 1.54) is 0 Å². The van der Waals surface area contributed by atoms with Crippen molar-refractivity contribution in [3.05, 3.63) is 36.2 Å². The van der Waals surface area contributed by atoms with Gasteiger partial charge < -0.3 is 19.8 Å². The van der Waals surface area contributed by atoms with Gasteiger partial charge in [-0.05, 0) is 26.0 Å². The molecule has 0 unspecified atom stereocenters. The van der Waals surface area contributed by atoms with Gasteiger partial charge in [-0.15, -0.1) is 0 Å². The number of rotatable bonds is 5. The minimum Gasteiger partial charge on any atom is -0.497 e. The Bertz CT molecular complexity index is 918. The second-order valence-corrected chi connectivity index (χ2v) is 5.85. The van der Waals surface area contributed by atoms with Crippen LogP contribution in [0.4, 0.5) is 0 Å². The molecule has 3 rings (SSSR count). The van der Waals surface area contributed by atoms with Gasteiger partial charge in [-0.2, -0.15) is 0 Å². The van der Waals surface area contributed by atoms with Crippen LogP contribution in [0.1, 0.15) is 24.2 Å². The summed E-state index contributed by atoms with van der Waals surface area (Å²) in [6.07, 6.45) is 3.27. The number of hydrogen-bond acceptors (Lipinski definition) is 5. The van der Waals surface area contributed by atoms with Crippen LogP contribution in [0.3, 0.4) is 0 Å². The van der Waals surface area contributed by atoms with Crippen molar-refractivity contribution < 1.29 is 14.3 Å². The zero-order valence-electron chi connectivity index (χ0n) is 14.6. The Balaban J connectivity index is 2.08. The van der Waals surface area contributed by atoms with Gasteiger partial charge in [0.05, 0.1) is 31.7 Å². The molecular formula is C18H20N4O3. The van der Waals surface area contributed by atoms with E-state index in [4.69, 9.17) is 9.47 Å². The van der Waals surface area contributed by atoms with E-state index in [1.54, 1.807) is 32.7 Å². The minimum absolute atomic E-state index is 0.0373. The van der Waals surface area contributed by atoms with Crippen molar-refractivity contribution in [1.82, 2.24) is 20.3 Å². The van der Waals surface area contributed by atoms with E-state index >= 15 is 0 Å². The van der Waals surface area contributed by atoms with Crippen LogP contribution in [0.25, 0.3) is 22.4 Å². The Morgan fingerprint density at radius 3 is 2.72 bits per heavy atom. The van der Waals surface area contributed by atoms with Crippen LogP contribution < -0.4 is 14.8 Å². The standard InChI is InChI=1S/C18H20N4O3/c1-10(2)21-18(23)13-8-19-17-16(13)22-14(9-20-17)12-6-5-11(24-3)7-15(12)25-4/h5-10H,1-4H3,(H,19,20)(H,21,23). The van der Waals surface area contributed by atoms with Crippen molar-refractivity contribution in [2.24, 2.45) is 0 Å². The number of benzene rings is 1. The molecule has 0 aliphatic rings. The lowest BCUT2D eigenvalue weighted by Crippen LogP contribution is -2.29. The van der Waals surface area contributed by atoms with E-state index in [-0.39, 0.29) is 11.9 Å². The largest absolute Gasteiger partial charge is 0.497 e. The first-order valence-electron chi connectivity index (χ1n) is 7.91. The molecule has 7 nitrogen and oxygen atoms in total. The molecule has 2 N–H and O–H groups in total. The number of amides is 1. The normalized spacial score (nSPS) is 10.9. The highest BCUT2D eigenvalue weighted by molar-refractivity contribution is 6.04.